The van der Waals surface area contributed by atoms with Crippen LogP contribution < -0.4 is 0 Å². The highest BCUT2D eigenvalue weighted by Crippen LogP contribution is 2.29. The number of likely N-dealkylation sites (N-methyl/N-ethyl adjacent to an activating group) is 1. The Morgan fingerprint density at radius 2 is 0.767 bits per heavy atom. The lowest BCUT2D eigenvalue weighted by atomic mass is 9.87. The van der Waals surface area contributed by atoms with E-state index < -0.39 is 5.60 Å². The van der Waals surface area contributed by atoms with Crippen molar-refractivity contribution in [2.75, 3.05) is 27.7 Å². The van der Waals surface area contributed by atoms with Crippen molar-refractivity contribution in [3.63, 3.8) is 0 Å². The van der Waals surface area contributed by atoms with E-state index in [1.54, 1.807) is 0 Å². The maximum absolute atomic E-state index is 13.5. The molecule has 0 spiro atoms. The molecule has 0 fully saturated rings. The number of quaternary nitrogens is 1. The number of hydrogen-bond acceptors (Lipinski definition) is 2. The molecule has 0 rings (SSSR count). The number of carbonyl (C=O) groups excluding carboxylic acids is 1. The van der Waals surface area contributed by atoms with Crippen LogP contribution in [0.5, 0.6) is 0 Å². The third-order valence-corrected chi connectivity index (χ3v) is 9.77. The van der Waals surface area contributed by atoms with Crippen molar-refractivity contribution in [2.24, 2.45) is 0 Å². The Labute approximate surface area is 274 Å². The first kappa shape index (κ1) is 43.0. The van der Waals surface area contributed by atoms with Crippen LogP contribution in [0, 0.1) is 0 Å². The van der Waals surface area contributed by atoms with E-state index in [0.717, 1.165) is 30.3 Å². The summed E-state index contributed by atoms with van der Waals surface area (Å²) in [5.41, 5.74) is -0.692. The van der Waals surface area contributed by atoms with Crippen molar-refractivity contribution >= 4 is 15.2 Å². The Morgan fingerprint density at radius 1 is 0.488 bits per heavy atom. The van der Waals surface area contributed by atoms with Crippen LogP contribution in [-0.2, 0) is 9.32 Å². The number of hydrogen-bond donors (Lipinski definition) is 0. The van der Waals surface area contributed by atoms with Crippen molar-refractivity contribution in [1.29, 1.82) is 0 Å². The van der Waals surface area contributed by atoms with Crippen molar-refractivity contribution in [3.8, 4) is 0 Å². The van der Waals surface area contributed by atoms with Crippen LogP contribution in [0.25, 0.3) is 0 Å². The smallest absolute Gasteiger partial charge is 0.167 e. The molecule has 43 heavy (non-hydrogen) atoms. The SMILES string of the molecule is CCCCCCCCCCCCCCCCCC(=O)C(CCCCCCCCCCCCCCCC)(C[N+](C)(C)C)O[PH-]. The van der Waals surface area contributed by atoms with Gasteiger partial charge < -0.3 is 18.5 Å². The van der Waals surface area contributed by atoms with Gasteiger partial charge in [-0.1, -0.05) is 187 Å². The minimum Gasteiger partial charge on any atom is -0.547 e. The van der Waals surface area contributed by atoms with E-state index in [2.05, 4.69) is 44.5 Å². The van der Waals surface area contributed by atoms with Gasteiger partial charge >= 0.3 is 0 Å². The Balaban J connectivity index is 4.03. The molecule has 0 aromatic rings. The van der Waals surface area contributed by atoms with Gasteiger partial charge in [-0.3, -0.25) is 4.79 Å². The highest BCUT2D eigenvalue weighted by molar-refractivity contribution is 7.10. The molecule has 1 unspecified atom stereocenters. The first-order valence-electron chi connectivity index (χ1n) is 19.5. The van der Waals surface area contributed by atoms with E-state index in [0.29, 0.717) is 12.2 Å². The molecule has 0 bridgehead atoms. The molecule has 0 aliphatic carbocycles. The van der Waals surface area contributed by atoms with Crippen LogP contribution in [0.1, 0.15) is 213 Å². The summed E-state index contributed by atoms with van der Waals surface area (Å²) in [7, 11) is 9.90. The van der Waals surface area contributed by atoms with Gasteiger partial charge in [0.05, 0.1) is 21.1 Å². The number of rotatable bonds is 35. The third-order valence-electron chi connectivity index (χ3n) is 9.37. The molecule has 0 heterocycles. The van der Waals surface area contributed by atoms with Crippen molar-refractivity contribution < 1.29 is 13.8 Å². The van der Waals surface area contributed by atoms with Gasteiger partial charge in [0.1, 0.15) is 12.1 Å². The monoisotopic (exact) mass is 626 g/mol. The second-order valence-electron chi connectivity index (χ2n) is 15.0. The molecule has 0 saturated heterocycles. The van der Waals surface area contributed by atoms with Gasteiger partial charge in [-0.05, 0) is 19.3 Å². The Hall–Kier alpha value is 0.0200. The second-order valence-corrected chi connectivity index (χ2v) is 15.2. The van der Waals surface area contributed by atoms with E-state index in [4.69, 9.17) is 4.52 Å². The summed E-state index contributed by atoms with van der Waals surface area (Å²) < 4.78 is 6.65. The van der Waals surface area contributed by atoms with Gasteiger partial charge in [0.25, 0.3) is 0 Å². The fraction of sp³-hybridized carbons (Fsp3) is 0.974. The topological polar surface area (TPSA) is 26.3 Å². The molecule has 0 aliphatic heterocycles. The number of unbranched alkanes of at least 4 members (excludes halogenated alkanes) is 27. The average Bonchev–Trinajstić information content (AvgIpc) is 2.97. The fourth-order valence-electron chi connectivity index (χ4n) is 6.70. The number of carbonyl (C=O) groups is 1. The van der Waals surface area contributed by atoms with Crippen molar-refractivity contribution in [3.05, 3.63) is 0 Å². The first-order valence-corrected chi connectivity index (χ1v) is 19.9. The predicted molar refractivity (Wildman–Crippen MR) is 195 cm³/mol. The van der Waals surface area contributed by atoms with E-state index in [-0.39, 0.29) is 0 Å². The molecule has 258 valence electrons. The van der Waals surface area contributed by atoms with Crippen LogP contribution in [0.3, 0.4) is 0 Å². The first-order chi connectivity index (χ1) is 20.8. The van der Waals surface area contributed by atoms with Crippen LogP contribution in [0.4, 0.5) is 0 Å². The van der Waals surface area contributed by atoms with E-state index in [1.165, 1.54) is 173 Å². The van der Waals surface area contributed by atoms with Crippen LogP contribution in [-0.4, -0.2) is 43.6 Å². The molecule has 0 aromatic carbocycles. The average molecular weight is 626 g/mol. The maximum atomic E-state index is 13.5. The molecule has 0 aliphatic rings. The summed E-state index contributed by atoms with van der Waals surface area (Å²) >= 11 is 0. The Kier molecular flexibility index (Phi) is 30.7. The van der Waals surface area contributed by atoms with Gasteiger partial charge in [0.15, 0.2) is 5.78 Å². The molecule has 0 radical (unpaired) electrons. The minimum absolute atomic E-state index is 0.305. The summed E-state index contributed by atoms with van der Waals surface area (Å²) in [5, 5.41) is 0. The number of nitrogens with zero attached hydrogens (tertiary/aromatic N) is 1. The summed E-state index contributed by atoms with van der Waals surface area (Å²) in [4.78, 5) is 13.5. The molecule has 0 saturated carbocycles. The molecule has 0 N–H and O–H groups in total. The van der Waals surface area contributed by atoms with E-state index >= 15 is 0 Å². The fourth-order valence-corrected chi connectivity index (χ4v) is 6.98. The molecule has 3 nitrogen and oxygen atoms in total. The molecular formula is C39H80NO2P. The highest BCUT2D eigenvalue weighted by atomic mass is 31.0. The third kappa shape index (κ3) is 28.0. The van der Waals surface area contributed by atoms with Crippen molar-refractivity contribution in [1.82, 2.24) is 0 Å². The van der Waals surface area contributed by atoms with Gasteiger partial charge in [0, 0.05) is 6.42 Å². The Bertz CT molecular complexity index is 590. The van der Waals surface area contributed by atoms with Crippen molar-refractivity contribution in [2.45, 2.75) is 218 Å². The van der Waals surface area contributed by atoms with E-state index in [9.17, 15) is 4.79 Å². The zero-order valence-corrected chi connectivity index (χ0v) is 31.4. The maximum Gasteiger partial charge on any atom is 0.167 e. The second kappa shape index (κ2) is 30.7. The summed E-state index contributed by atoms with van der Waals surface area (Å²) in [6.07, 6.45) is 40.7. The molecule has 0 amide bonds. The number of ketones is 1. The lowest BCUT2D eigenvalue weighted by Gasteiger charge is -2.41. The summed E-state index contributed by atoms with van der Waals surface area (Å²) in [6.45, 7) is 5.31. The molecular weight excluding hydrogens is 545 g/mol. The zero-order chi connectivity index (χ0) is 31.9. The quantitative estimate of drug-likeness (QED) is 0.0398. The minimum atomic E-state index is -0.692. The van der Waals surface area contributed by atoms with E-state index in [1.807, 2.05) is 0 Å². The van der Waals surface area contributed by atoms with Crippen LogP contribution in [0.2, 0.25) is 0 Å². The zero-order valence-electron chi connectivity index (χ0n) is 30.4. The lowest BCUT2D eigenvalue weighted by molar-refractivity contribution is -0.875. The normalized spacial score (nSPS) is 13.4. The number of Topliss-reactive ketones (excluding diaryl/α,β-unsaturated/α-hetero) is 1. The standard InChI is InChI=1S/C39H80NO2P/c1-6-8-10-12-14-16-18-20-22-23-25-27-29-31-33-35-38(41)39(42-43,37-40(3,4)5)36-34-32-30-28-26-24-21-19-17-15-13-11-9-7-2/h43H,6-37H2,1-5H3. The van der Waals surface area contributed by atoms with Crippen LogP contribution in [0.15, 0.2) is 0 Å². The van der Waals surface area contributed by atoms with Gasteiger partial charge in [-0.2, -0.15) is 0 Å². The predicted octanol–water partition coefficient (Wildman–Crippen LogP) is 13.2. The van der Waals surface area contributed by atoms with Crippen LogP contribution >= 0.6 is 9.47 Å². The summed E-state index contributed by atoms with van der Waals surface area (Å²) in [5.74, 6) is 0.305. The van der Waals surface area contributed by atoms with Gasteiger partial charge in [0.2, 0.25) is 0 Å². The van der Waals surface area contributed by atoms with Gasteiger partial charge in [-0.15, -0.1) is 0 Å². The molecule has 1 atom stereocenters. The lowest BCUT2D eigenvalue weighted by Crippen LogP contribution is -2.54. The summed E-state index contributed by atoms with van der Waals surface area (Å²) in [6, 6.07) is 0. The Morgan fingerprint density at radius 3 is 1.05 bits per heavy atom. The molecule has 4 heteroatoms. The highest BCUT2D eigenvalue weighted by Gasteiger charge is 2.39. The molecule has 0 aromatic heterocycles. The van der Waals surface area contributed by atoms with Gasteiger partial charge in [-0.25, -0.2) is 0 Å². The largest absolute Gasteiger partial charge is 0.547 e.